The fraction of sp³-hybridized carbons (Fsp3) is 0.636. The first-order chi connectivity index (χ1) is 7.36. The van der Waals surface area contributed by atoms with Crippen LogP contribution in [0.3, 0.4) is 0 Å². The molecule has 0 bridgehead atoms. The lowest BCUT2D eigenvalue weighted by atomic mass is 10.1. The van der Waals surface area contributed by atoms with E-state index in [1.807, 2.05) is 11.3 Å². The first-order valence-electron chi connectivity index (χ1n) is 5.49. The third kappa shape index (κ3) is 3.55. The molecule has 0 saturated carbocycles. The monoisotopic (exact) mass is 288 g/mol. The van der Waals surface area contributed by atoms with Crippen LogP contribution in [0.1, 0.15) is 17.7 Å². The third-order valence-electron chi connectivity index (χ3n) is 2.87. The number of halogens is 1. The summed E-state index contributed by atoms with van der Waals surface area (Å²) in [6.45, 7) is 4.56. The summed E-state index contributed by atoms with van der Waals surface area (Å²) in [7, 11) is 0. The van der Waals surface area contributed by atoms with Gasteiger partial charge >= 0.3 is 0 Å². The second-order valence-electron chi connectivity index (χ2n) is 4.02. The molecule has 0 amide bonds. The minimum absolute atomic E-state index is 0.893. The number of thiophene rings is 1. The molecule has 2 heterocycles. The van der Waals surface area contributed by atoms with Gasteiger partial charge in [-0.05, 0) is 65.8 Å². The summed E-state index contributed by atoms with van der Waals surface area (Å²) >= 11 is 5.36. The van der Waals surface area contributed by atoms with Gasteiger partial charge in [0.1, 0.15) is 0 Å². The van der Waals surface area contributed by atoms with Gasteiger partial charge in [-0.3, -0.25) is 0 Å². The molecule has 1 saturated heterocycles. The normalized spacial score (nSPS) is 21.0. The molecule has 1 unspecified atom stereocenters. The predicted octanol–water partition coefficient (Wildman–Crippen LogP) is 2.60. The predicted molar refractivity (Wildman–Crippen MR) is 69.3 cm³/mol. The zero-order valence-electron chi connectivity index (χ0n) is 8.76. The molecule has 84 valence electrons. The van der Waals surface area contributed by atoms with Gasteiger partial charge in [0.2, 0.25) is 0 Å². The molecular weight excluding hydrogens is 272 g/mol. The summed E-state index contributed by atoms with van der Waals surface area (Å²) in [5, 5.41) is 9.04. The second-order valence-corrected chi connectivity index (χ2v) is 5.87. The highest BCUT2D eigenvalue weighted by Gasteiger charge is 2.13. The van der Waals surface area contributed by atoms with E-state index < -0.39 is 0 Å². The lowest BCUT2D eigenvalue weighted by Crippen LogP contribution is -2.18. The Bertz CT molecular complexity index is 295. The summed E-state index contributed by atoms with van der Waals surface area (Å²) in [5.74, 6) is 0.893. The van der Waals surface area contributed by atoms with Crippen molar-refractivity contribution in [2.45, 2.75) is 19.4 Å². The first-order valence-corrected chi connectivity index (χ1v) is 7.17. The van der Waals surface area contributed by atoms with Gasteiger partial charge in [0.15, 0.2) is 0 Å². The highest BCUT2D eigenvalue weighted by Crippen LogP contribution is 2.22. The zero-order chi connectivity index (χ0) is 10.5. The van der Waals surface area contributed by atoms with E-state index in [1.54, 1.807) is 0 Å². The van der Waals surface area contributed by atoms with Gasteiger partial charge in [-0.25, -0.2) is 0 Å². The average Bonchev–Trinajstić information content (AvgIpc) is 2.85. The van der Waals surface area contributed by atoms with E-state index in [9.17, 15) is 0 Å². The molecule has 1 aromatic heterocycles. The van der Waals surface area contributed by atoms with Gasteiger partial charge in [0.05, 0.1) is 0 Å². The average molecular weight is 289 g/mol. The van der Waals surface area contributed by atoms with Crippen molar-refractivity contribution in [3.63, 3.8) is 0 Å². The molecule has 0 radical (unpaired) electrons. The maximum absolute atomic E-state index is 3.55. The molecule has 0 spiro atoms. The smallest absolute Gasteiger partial charge is 0.0327 e. The van der Waals surface area contributed by atoms with Crippen molar-refractivity contribution in [3.8, 4) is 0 Å². The molecule has 1 fully saturated rings. The van der Waals surface area contributed by atoms with Crippen molar-refractivity contribution in [1.29, 1.82) is 0 Å². The number of hydrogen-bond acceptors (Lipinski definition) is 3. The Morgan fingerprint density at radius 2 is 2.53 bits per heavy atom. The van der Waals surface area contributed by atoms with Crippen molar-refractivity contribution in [3.05, 3.63) is 20.8 Å². The van der Waals surface area contributed by atoms with Crippen LogP contribution < -0.4 is 10.6 Å². The molecule has 2 rings (SSSR count). The Morgan fingerprint density at radius 1 is 1.60 bits per heavy atom. The van der Waals surface area contributed by atoms with E-state index in [4.69, 9.17) is 0 Å². The summed E-state index contributed by atoms with van der Waals surface area (Å²) in [6.07, 6.45) is 2.65. The number of rotatable bonds is 5. The minimum atomic E-state index is 0.893. The molecule has 2 nitrogen and oxygen atoms in total. The van der Waals surface area contributed by atoms with Crippen molar-refractivity contribution < 1.29 is 0 Å². The van der Waals surface area contributed by atoms with E-state index in [2.05, 4.69) is 38.0 Å². The van der Waals surface area contributed by atoms with Crippen LogP contribution >= 0.6 is 27.3 Å². The van der Waals surface area contributed by atoms with Crippen LogP contribution in [0.4, 0.5) is 0 Å². The molecule has 1 atom stereocenters. The number of hydrogen-bond donors (Lipinski definition) is 2. The zero-order valence-corrected chi connectivity index (χ0v) is 11.2. The second kappa shape index (κ2) is 5.99. The van der Waals surface area contributed by atoms with Gasteiger partial charge < -0.3 is 10.6 Å². The van der Waals surface area contributed by atoms with Crippen LogP contribution in [-0.4, -0.2) is 19.6 Å². The summed E-state index contributed by atoms with van der Waals surface area (Å²) in [6, 6.07) is 2.11. The Kier molecular flexibility index (Phi) is 4.62. The van der Waals surface area contributed by atoms with Gasteiger partial charge in [-0.2, -0.15) is 0 Å². The van der Waals surface area contributed by atoms with E-state index in [0.717, 1.165) is 19.0 Å². The van der Waals surface area contributed by atoms with Crippen molar-refractivity contribution in [2.75, 3.05) is 19.6 Å². The summed E-state index contributed by atoms with van der Waals surface area (Å²) in [4.78, 5) is 1.40. The Hall–Kier alpha value is 0.1000. The Morgan fingerprint density at radius 3 is 3.20 bits per heavy atom. The standard InChI is InChI=1S/C11H17BrN2S/c12-10-3-6-15-11(10)8-14-5-2-9-1-4-13-7-9/h3,6,9,13-14H,1-2,4-5,7-8H2. The lowest BCUT2D eigenvalue weighted by Gasteiger charge is -2.08. The minimum Gasteiger partial charge on any atom is -0.316 e. The fourth-order valence-corrected chi connectivity index (χ4v) is 3.38. The van der Waals surface area contributed by atoms with E-state index in [1.165, 1.54) is 35.3 Å². The maximum Gasteiger partial charge on any atom is 0.0327 e. The SMILES string of the molecule is Brc1ccsc1CNCCC1CCNC1. The summed E-state index contributed by atoms with van der Waals surface area (Å²) < 4.78 is 1.24. The molecule has 2 N–H and O–H groups in total. The largest absolute Gasteiger partial charge is 0.316 e. The molecule has 0 aliphatic carbocycles. The van der Waals surface area contributed by atoms with Gasteiger partial charge in [-0.15, -0.1) is 11.3 Å². The quantitative estimate of drug-likeness (QED) is 0.814. The van der Waals surface area contributed by atoms with Crippen LogP contribution in [0.15, 0.2) is 15.9 Å². The summed E-state index contributed by atoms with van der Waals surface area (Å²) in [5.41, 5.74) is 0. The van der Waals surface area contributed by atoms with Crippen LogP contribution in [0, 0.1) is 5.92 Å². The fourth-order valence-electron chi connectivity index (χ4n) is 1.92. The van der Waals surface area contributed by atoms with E-state index >= 15 is 0 Å². The number of nitrogens with one attached hydrogen (secondary N) is 2. The van der Waals surface area contributed by atoms with Crippen LogP contribution in [0.2, 0.25) is 0 Å². The van der Waals surface area contributed by atoms with Gasteiger partial charge in [0.25, 0.3) is 0 Å². The van der Waals surface area contributed by atoms with Crippen molar-refractivity contribution in [1.82, 2.24) is 10.6 Å². The molecular formula is C11H17BrN2S. The van der Waals surface area contributed by atoms with E-state index in [0.29, 0.717) is 0 Å². The molecule has 1 aromatic rings. The topological polar surface area (TPSA) is 24.1 Å². The van der Waals surface area contributed by atoms with Crippen LogP contribution in [-0.2, 0) is 6.54 Å². The van der Waals surface area contributed by atoms with Crippen LogP contribution in [0.5, 0.6) is 0 Å². The van der Waals surface area contributed by atoms with Crippen molar-refractivity contribution >= 4 is 27.3 Å². The molecule has 15 heavy (non-hydrogen) atoms. The molecule has 1 aliphatic rings. The van der Waals surface area contributed by atoms with Crippen LogP contribution in [0.25, 0.3) is 0 Å². The lowest BCUT2D eigenvalue weighted by molar-refractivity contribution is 0.501. The maximum atomic E-state index is 3.55. The molecule has 4 heteroatoms. The van der Waals surface area contributed by atoms with Gasteiger partial charge in [0, 0.05) is 15.9 Å². The third-order valence-corrected chi connectivity index (χ3v) is 4.79. The van der Waals surface area contributed by atoms with Gasteiger partial charge in [-0.1, -0.05) is 0 Å². The first kappa shape index (κ1) is 11.6. The van der Waals surface area contributed by atoms with E-state index in [-0.39, 0.29) is 0 Å². The Balaban J connectivity index is 1.60. The Labute approximate surface area is 104 Å². The molecule has 1 aliphatic heterocycles. The highest BCUT2D eigenvalue weighted by atomic mass is 79.9. The highest BCUT2D eigenvalue weighted by molar-refractivity contribution is 9.10. The van der Waals surface area contributed by atoms with Crippen molar-refractivity contribution in [2.24, 2.45) is 5.92 Å². The molecule has 0 aromatic carbocycles.